The van der Waals surface area contributed by atoms with Gasteiger partial charge in [0.05, 0.1) is 18.7 Å². The van der Waals surface area contributed by atoms with Crippen LogP contribution in [-0.4, -0.2) is 35.4 Å². The van der Waals surface area contributed by atoms with E-state index >= 15 is 0 Å². The fourth-order valence-corrected chi connectivity index (χ4v) is 3.42. The van der Waals surface area contributed by atoms with Crippen molar-refractivity contribution in [3.05, 3.63) is 71.0 Å². The Balaban J connectivity index is 2.20. The Bertz CT molecular complexity index is 920. The topological polar surface area (TPSA) is 66.8 Å². The van der Waals surface area contributed by atoms with Gasteiger partial charge < -0.3 is 14.7 Å². The molecule has 146 valence electrons. The van der Waals surface area contributed by atoms with Crippen LogP contribution in [0, 0.1) is 5.82 Å². The van der Waals surface area contributed by atoms with Gasteiger partial charge in [0.2, 0.25) is 0 Å². The van der Waals surface area contributed by atoms with Crippen molar-refractivity contribution in [2.75, 3.05) is 13.7 Å². The average Bonchev–Trinajstić information content (AvgIpc) is 2.96. The van der Waals surface area contributed by atoms with E-state index in [0.717, 1.165) is 12.8 Å². The zero-order chi connectivity index (χ0) is 20.3. The van der Waals surface area contributed by atoms with Gasteiger partial charge in [-0.15, -0.1) is 0 Å². The Morgan fingerprint density at radius 2 is 1.82 bits per heavy atom. The molecule has 1 fully saturated rings. The minimum absolute atomic E-state index is 0.0165. The van der Waals surface area contributed by atoms with Crippen LogP contribution in [0.5, 0.6) is 5.75 Å². The van der Waals surface area contributed by atoms with Crippen LogP contribution in [0.4, 0.5) is 4.39 Å². The number of halogens is 1. The Morgan fingerprint density at radius 1 is 1.14 bits per heavy atom. The van der Waals surface area contributed by atoms with Gasteiger partial charge in [-0.1, -0.05) is 31.5 Å². The molecule has 5 nitrogen and oxygen atoms in total. The number of hydrogen-bond acceptors (Lipinski definition) is 4. The van der Waals surface area contributed by atoms with Gasteiger partial charge in [-0.3, -0.25) is 9.59 Å². The van der Waals surface area contributed by atoms with Crippen molar-refractivity contribution >= 4 is 17.4 Å². The smallest absolute Gasteiger partial charge is 0.295 e. The lowest BCUT2D eigenvalue weighted by atomic mass is 9.94. The van der Waals surface area contributed by atoms with E-state index in [1.807, 2.05) is 6.92 Å². The van der Waals surface area contributed by atoms with Crippen molar-refractivity contribution in [1.82, 2.24) is 4.90 Å². The van der Waals surface area contributed by atoms with Gasteiger partial charge >= 0.3 is 0 Å². The third-order valence-corrected chi connectivity index (χ3v) is 4.84. The van der Waals surface area contributed by atoms with Crippen LogP contribution in [-0.2, 0) is 9.59 Å². The first-order valence-electron chi connectivity index (χ1n) is 9.16. The van der Waals surface area contributed by atoms with Crippen LogP contribution in [0.3, 0.4) is 0 Å². The number of likely N-dealkylation sites (tertiary alicyclic amines) is 1. The summed E-state index contributed by atoms with van der Waals surface area (Å²) in [6.45, 7) is 2.37. The zero-order valence-corrected chi connectivity index (χ0v) is 15.8. The van der Waals surface area contributed by atoms with Crippen molar-refractivity contribution in [3.63, 3.8) is 0 Å². The number of aliphatic hydroxyl groups excluding tert-OH is 1. The number of ether oxygens (including phenoxy) is 1. The summed E-state index contributed by atoms with van der Waals surface area (Å²) in [5.41, 5.74) is 0.871. The van der Waals surface area contributed by atoms with Gasteiger partial charge in [-0.2, -0.15) is 0 Å². The maximum absolute atomic E-state index is 13.3. The molecule has 0 spiro atoms. The second kappa shape index (κ2) is 8.25. The first-order chi connectivity index (χ1) is 13.5. The molecule has 1 aliphatic rings. The lowest BCUT2D eigenvalue weighted by Gasteiger charge is -2.26. The van der Waals surface area contributed by atoms with E-state index in [1.54, 1.807) is 24.3 Å². The number of amides is 1. The highest BCUT2D eigenvalue weighted by molar-refractivity contribution is 6.46. The van der Waals surface area contributed by atoms with Gasteiger partial charge in [-0.25, -0.2) is 4.39 Å². The van der Waals surface area contributed by atoms with Gasteiger partial charge in [0.25, 0.3) is 11.7 Å². The minimum Gasteiger partial charge on any atom is -0.507 e. The number of aliphatic hydroxyl groups is 1. The molecule has 3 rings (SSSR count). The molecule has 1 N–H and O–H groups in total. The number of rotatable bonds is 6. The number of nitrogens with zero attached hydrogens (tertiary/aromatic N) is 1. The highest BCUT2D eigenvalue weighted by Gasteiger charge is 2.46. The largest absolute Gasteiger partial charge is 0.507 e. The first kappa shape index (κ1) is 19.6. The number of benzene rings is 2. The van der Waals surface area contributed by atoms with Gasteiger partial charge in [0, 0.05) is 17.7 Å². The van der Waals surface area contributed by atoms with Crippen LogP contribution in [0.25, 0.3) is 5.76 Å². The van der Waals surface area contributed by atoms with E-state index in [9.17, 15) is 19.1 Å². The quantitative estimate of drug-likeness (QED) is 0.464. The Morgan fingerprint density at radius 3 is 2.46 bits per heavy atom. The minimum atomic E-state index is -0.771. The molecule has 1 atom stereocenters. The summed E-state index contributed by atoms with van der Waals surface area (Å²) in [7, 11) is 1.51. The normalized spacial score (nSPS) is 18.5. The Hall–Kier alpha value is -3.15. The number of hydrogen-bond donors (Lipinski definition) is 1. The number of Topliss-reactive ketones (excluding diaryl/α,β-unsaturated/α-hetero) is 1. The summed E-state index contributed by atoms with van der Waals surface area (Å²) in [5, 5.41) is 10.9. The summed E-state index contributed by atoms with van der Waals surface area (Å²) in [5.74, 6) is -1.68. The number of unbranched alkanes of at least 4 members (excludes halogenated alkanes) is 1. The predicted octanol–water partition coefficient (Wildman–Crippen LogP) is 4.06. The lowest BCUT2D eigenvalue weighted by molar-refractivity contribution is -0.139. The summed E-state index contributed by atoms with van der Waals surface area (Å²) in [4.78, 5) is 27.0. The second-order valence-corrected chi connectivity index (χ2v) is 6.59. The molecule has 1 heterocycles. The molecular weight excluding hydrogens is 361 g/mol. The monoisotopic (exact) mass is 383 g/mol. The first-order valence-corrected chi connectivity index (χ1v) is 9.16. The molecule has 28 heavy (non-hydrogen) atoms. The maximum Gasteiger partial charge on any atom is 0.295 e. The molecule has 1 saturated heterocycles. The summed E-state index contributed by atoms with van der Waals surface area (Å²) in [6, 6.07) is 11.5. The molecule has 0 radical (unpaired) electrons. The van der Waals surface area contributed by atoms with Crippen LogP contribution in [0.1, 0.15) is 36.9 Å². The number of methoxy groups -OCH3 is 1. The summed E-state index contributed by atoms with van der Waals surface area (Å²) in [6.07, 6.45) is 1.56. The maximum atomic E-state index is 13.3. The van der Waals surface area contributed by atoms with E-state index in [4.69, 9.17) is 4.74 Å². The molecule has 1 unspecified atom stereocenters. The zero-order valence-electron chi connectivity index (χ0n) is 15.8. The van der Waals surface area contributed by atoms with Gasteiger partial charge in [0.1, 0.15) is 17.3 Å². The lowest BCUT2D eigenvalue weighted by Crippen LogP contribution is -2.30. The summed E-state index contributed by atoms with van der Waals surface area (Å²) >= 11 is 0. The highest BCUT2D eigenvalue weighted by Crippen LogP contribution is 2.42. The Kier molecular flexibility index (Phi) is 5.78. The molecule has 0 aliphatic carbocycles. The molecule has 6 heteroatoms. The third-order valence-electron chi connectivity index (χ3n) is 4.84. The van der Waals surface area contributed by atoms with Crippen molar-refractivity contribution in [2.24, 2.45) is 0 Å². The van der Waals surface area contributed by atoms with Crippen molar-refractivity contribution < 1.29 is 23.8 Å². The van der Waals surface area contributed by atoms with Gasteiger partial charge in [0.15, 0.2) is 0 Å². The molecule has 0 saturated carbocycles. The average molecular weight is 383 g/mol. The molecule has 0 aromatic heterocycles. The van der Waals surface area contributed by atoms with Crippen molar-refractivity contribution in [2.45, 2.75) is 25.8 Å². The molecule has 1 amide bonds. The van der Waals surface area contributed by atoms with Crippen molar-refractivity contribution in [1.29, 1.82) is 0 Å². The fraction of sp³-hybridized carbons (Fsp3) is 0.273. The van der Waals surface area contributed by atoms with Crippen LogP contribution < -0.4 is 4.74 Å². The van der Waals surface area contributed by atoms with E-state index < -0.39 is 23.5 Å². The van der Waals surface area contributed by atoms with Gasteiger partial charge in [-0.05, 0) is 36.8 Å². The number of carbonyl (C=O) groups excluding carboxylic acids is 2. The number of ketones is 1. The molecule has 0 bridgehead atoms. The second-order valence-electron chi connectivity index (χ2n) is 6.59. The molecular formula is C22H22FNO4. The van der Waals surface area contributed by atoms with E-state index in [-0.39, 0.29) is 16.9 Å². The standard InChI is InChI=1S/C22H22FNO4/c1-3-4-13-24-19(16-7-5-6-8-17(16)28-2)18(21(26)22(24)27)20(25)14-9-11-15(23)12-10-14/h5-12,19,25H,3-4,13H2,1-2H3/b20-18-. The van der Waals surface area contributed by atoms with Crippen molar-refractivity contribution in [3.8, 4) is 5.75 Å². The third kappa shape index (κ3) is 3.50. The summed E-state index contributed by atoms with van der Waals surface area (Å²) < 4.78 is 18.7. The van der Waals surface area contributed by atoms with Crippen LogP contribution in [0.15, 0.2) is 54.1 Å². The van der Waals surface area contributed by atoms with E-state index in [2.05, 4.69) is 0 Å². The highest BCUT2D eigenvalue weighted by atomic mass is 19.1. The number of para-hydroxylation sites is 1. The van der Waals surface area contributed by atoms with Crippen LogP contribution >= 0.6 is 0 Å². The predicted molar refractivity (Wildman–Crippen MR) is 103 cm³/mol. The molecule has 2 aromatic carbocycles. The van der Waals surface area contributed by atoms with E-state index in [1.165, 1.54) is 36.3 Å². The number of carbonyl (C=O) groups is 2. The molecule has 1 aliphatic heterocycles. The van der Waals surface area contributed by atoms with E-state index in [0.29, 0.717) is 17.9 Å². The van der Waals surface area contributed by atoms with Crippen LogP contribution in [0.2, 0.25) is 0 Å². The SMILES string of the molecule is CCCCN1C(=O)C(=O)/C(=C(\O)c2ccc(F)cc2)C1c1ccccc1OC. The molecule has 2 aromatic rings. The fourth-order valence-electron chi connectivity index (χ4n) is 3.42. The Labute approximate surface area is 163 Å².